The van der Waals surface area contributed by atoms with Crippen molar-refractivity contribution < 1.29 is 14.4 Å². The van der Waals surface area contributed by atoms with Gasteiger partial charge >= 0.3 is 0 Å². The number of nitrogens with zero attached hydrogens (tertiary/aromatic N) is 2. The minimum atomic E-state index is -0.544. The summed E-state index contributed by atoms with van der Waals surface area (Å²) in [6.07, 6.45) is 0. The fourth-order valence-corrected chi connectivity index (χ4v) is 1.39. The van der Waals surface area contributed by atoms with E-state index in [4.69, 9.17) is 4.84 Å². The van der Waals surface area contributed by atoms with Gasteiger partial charge in [0.1, 0.15) is 0 Å². The molecule has 0 bridgehead atoms. The van der Waals surface area contributed by atoms with E-state index >= 15 is 0 Å². The Morgan fingerprint density at radius 2 is 2.00 bits per heavy atom. The van der Waals surface area contributed by atoms with Gasteiger partial charge in [-0.3, -0.25) is 19.9 Å². The molecule has 0 atom stereocenters. The van der Waals surface area contributed by atoms with Gasteiger partial charge in [-0.2, -0.15) is 0 Å². The first kappa shape index (κ1) is 10.4. The number of azo groups is 1. The summed E-state index contributed by atoms with van der Waals surface area (Å²) in [6.45, 7) is 2.24. The highest BCUT2D eigenvalue weighted by Crippen LogP contribution is 2.25. The van der Waals surface area contributed by atoms with E-state index in [-0.39, 0.29) is 11.1 Å². The van der Waals surface area contributed by atoms with E-state index in [1.54, 1.807) is 19.1 Å². The Labute approximate surface area is 91.3 Å². The van der Waals surface area contributed by atoms with Crippen LogP contribution in [0.5, 0.6) is 0 Å². The summed E-state index contributed by atoms with van der Waals surface area (Å²) in [6, 6.07) is 4.82. The molecule has 6 nitrogen and oxygen atoms in total. The van der Waals surface area contributed by atoms with Gasteiger partial charge in [-0.05, 0) is 19.1 Å². The Morgan fingerprint density at radius 3 is 2.75 bits per heavy atom. The Balaban J connectivity index is 2.47. The van der Waals surface area contributed by atoms with Crippen LogP contribution in [0, 0.1) is 0 Å². The summed E-state index contributed by atoms with van der Waals surface area (Å²) >= 11 is 0. The number of amides is 2. The molecule has 0 saturated heterocycles. The van der Waals surface area contributed by atoms with E-state index in [0.29, 0.717) is 12.3 Å². The van der Waals surface area contributed by atoms with Crippen molar-refractivity contribution in [2.75, 3.05) is 12.1 Å². The zero-order chi connectivity index (χ0) is 11.5. The number of benzene rings is 1. The molecule has 1 aromatic rings. The second-order valence-corrected chi connectivity index (χ2v) is 3.07. The van der Waals surface area contributed by atoms with Crippen LogP contribution in [0.3, 0.4) is 0 Å². The molecule has 0 radical (unpaired) electrons. The van der Waals surface area contributed by atoms with Gasteiger partial charge in [0.05, 0.1) is 23.4 Å². The van der Waals surface area contributed by atoms with Crippen molar-refractivity contribution in [2.24, 2.45) is 10.2 Å². The van der Waals surface area contributed by atoms with E-state index in [1.165, 1.54) is 6.07 Å². The van der Waals surface area contributed by atoms with Gasteiger partial charge in [0.15, 0.2) is 0 Å². The molecule has 1 aromatic carbocycles. The van der Waals surface area contributed by atoms with E-state index in [2.05, 4.69) is 15.7 Å². The first-order valence-corrected chi connectivity index (χ1v) is 4.75. The second-order valence-electron chi connectivity index (χ2n) is 3.07. The van der Waals surface area contributed by atoms with E-state index in [1.807, 2.05) is 0 Å². The van der Waals surface area contributed by atoms with Crippen molar-refractivity contribution in [2.45, 2.75) is 6.92 Å². The molecular formula is C10H9N3O3. The molecule has 0 saturated carbocycles. The molecule has 1 aliphatic rings. The minimum Gasteiger partial charge on any atom is -0.276 e. The molecule has 0 aliphatic carbocycles. The maximum Gasteiger partial charge on any atom is 0.298 e. The maximum absolute atomic E-state index is 11.5. The molecule has 16 heavy (non-hydrogen) atoms. The van der Waals surface area contributed by atoms with Crippen LogP contribution in [0.25, 0.3) is 0 Å². The lowest BCUT2D eigenvalue weighted by molar-refractivity contribution is 0.0920. The number of rotatable bonds is 3. The second kappa shape index (κ2) is 4.19. The standard InChI is InChI=1S/C10H9N3O3/c1-2-16-13-7-5-3-4-6-8(7)10(15)12-11-9(6)14/h3-5,13H,2H2,1H3. The molecule has 82 valence electrons. The topological polar surface area (TPSA) is 80.1 Å². The normalized spacial score (nSPS) is 13.8. The first-order valence-electron chi connectivity index (χ1n) is 4.75. The lowest BCUT2D eigenvalue weighted by Gasteiger charge is -2.12. The highest BCUT2D eigenvalue weighted by Gasteiger charge is 2.24. The van der Waals surface area contributed by atoms with Gasteiger partial charge in [-0.15, -0.1) is 10.2 Å². The van der Waals surface area contributed by atoms with Crippen LogP contribution in [0.1, 0.15) is 27.6 Å². The number of anilines is 1. The molecular weight excluding hydrogens is 210 g/mol. The fourth-order valence-electron chi connectivity index (χ4n) is 1.39. The summed E-state index contributed by atoms with van der Waals surface area (Å²) in [7, 11) is 0. The van der Waals surface area contributed by atoms with Crippen LogP contribution < -0.4 is 5.48 Å². The Kier molecular flexibility index (Phi) is 2.74. The van der Waals surface area contributed by atoms with Crippen molar-refractivity contribution >= 4 is 17.5 Å². The SMILES string of the molecule is CCONc1cccc2c1C(=O)N=NC2=O. The third-order valence-corrected chi connectivity index (χ3v) is 2.07. The highest BCUT2D eigenvalue weighted by molar-refractivity contribution is 6.13. The van der Waals surface area contributed by atoms with Crippen molar-refractivity contribution in [3.8, 4) is 0 Å². The van der Waals surface area contributed by atoms with Crippen LogP contribution in [0.15, 0.2) is 28.4 Å². The molecule has 1 aliphatic heterocycles. The molecule has 0 spiro atoms. The highest BCUT2D eigenvalue weighted by atomic mass is 16.6. The molecule has 2 rings (SSSR count). The Morgan fingerprint density at radius 1 is 1.25 bits per heavy atom. The number of fused-ring (bicyclic) bond motifs is 1. The van der Waals surface area contributed by atoms with Crippen molar-refractivity contribution in [1.29, 1.82) is 0 Å². The summed E-state index contributed by atoms with van der Waals surface area (Å²) < 4.78 is 0. The molecule has 6 heteroatoms. The Bertz CT molecular complexity index is 482. The van der Waals surface area contributed by atoms with Crippen molar-refractivity contribution in [1.82, 2.24) is 0 Å². The van der Waals surface area contributed by atoms with Crippen LogP contribution in [0.4, 0.5) is 5.69 Å². The first-order chi connectivity index (χ1) is 7.74. The molecule has 2 amide bonds. The predicted molar refractivity (Wildman–Crippen MR) is 55.2 cm³/mol. The van der Waals surface area contributed by atoms with Gasteiger partial charge in [0.2, 0.25) is 0 Å². The van der Waals surface area contributed by atoms with Gasteiger partial charge in [0, 0.05) is 0 Å². The molecule has 0 unspecified atom stereocenters. The van der Waals surface area contributed by atoms with Crippen molar-refractivity contribution in [3.05, 3.63) is 29.3 Å². The third-order valence-electron chi connectivity index (χ3n) is 2.07. The van der Waals surface area contributed by atoms with E-state index < -0.39 is 11.8 Å². The molecule has 0 aromatic heterocycles. The lowest BCUT2D eigenvalue weighted by atomic mass is 10.0. The van der Waals surface area contributed by atoms with Gasteiger partial charge in [-0.25, -0.2) is 0 Å². The summed E-state index contributed by atoms with van der Waals surface area (Å²) in [5, 5.41) is 6.50. The average Bonchev–Trinajstić information content (AvgIpc) is 2.31. The Hall–Kier alpha value is -2.08. The monoisotopic (exact) mass is 219 g/mol. The molecule has 0 fully saturated rings. The molecule has 1 N–H and O–H groups in total. The maximum atomic E-state index is 11.5. The van der Waals surface area contributed by atoms with Crippen LogP contribution >= 0.6 is 0 Å². The zero-order valence-electron chi connectivity index (χ0n) is 8.56. The van der Waals surface area contributed by atoms with Gasteiger partial charge < -0.3 is 0 Å². The van der Waals surface area contributed by atoms with Gasteiger partial charge in [-0.1, -0.05) is 6.07 Å². The average molecular weight is 219 g/mol. The minimum absolute atomic E-state index is 0.205. The van der Waals surface area contributed by atoms with Crippen LogP contribution in [-0.2, 0) is 4.84 Å². The van der Waals surface area contributed by atoms with Crippen molar-refractivity contribution in [3.63, 3.8) is 0 Å². The summed E-state index contributed by atoms with van der Waals surface area (Å²) in [4.78, 5) is 27.9. The fraction of sp³-hybridized carbons (Fsp3) is 0.200. The number of carbonyl (C=O) groups excluding carboxylic acids is 2. The largest absolute Gasteiger partial charge is 0.298 e. The number of nitrogens with one attached hydrogen (secondary N) is 1. The van der Waals surface area contributed by atoms with E-state index in [9.17, 15) is 9.59 Å². The third kappa shape index (κ3) is 1.70. The summed E-state index contributed by atoms with van der Waals surface area (Å²) in [5.74, 6) is -1.06. The quantitative estimate of drug-likeness (QED) is 0.786. The van der Waals surface area contributed by atoms with E-state index in [0.717, 1.165) is 0 Å². The summed E-state index contributed by atoms with van der Waals surface area (Å²) in [5.41, 5.74) is 3.47. The lowest BCUT2D eigenvalue weighted by Crippen LogP contribution is -2.14. The zero-order valence-corrected chi connectivity index (χ0v) is 8.56. The van der Waals surface area contributed by atoms with Crippen LogP contribution in [0.2, 0.25) is 0 Å². The van der Waals surface area contributed by atoms with Gasteiger partial charge in [0.25, 0.3) is 11.8 Å². The number of carbonyl (C=O) groups is 2. The predicted octanol–water partition coefficient (Wildman–Crippen LogP) is 1.80. The van der Waals surface area contributed by atoms with Crippen LogP contribution in [-0.4, -0.2) is 18.4 Å². The number of hydrogen-bond acceptors (Lipinski definition) is 4. The smallest absolute Gasteiger partial charge is 0.276 e. The number of hydrogen-bond donors (Lipinski definition) is 1. The molecule has 1 heterocycles.